The molecule has 1 aliphatic carbocycles. The van der Waals surface area contributed by atoms with Crippen molar-refractivity contribution in [3.63, 3.8) is 0 Å². The van der Waals surface area contributed by atoms with Crippen LogP contribution in [0.2, 0.25) is 5.02 Å². The predicted octanol–water partition coefficient (Wildman–Crippen LogP) is 5.44. The molecule has 0 unspecified atom stereocenters. The molecular formula is C21H19ClF3N2O3+. The van der Waals surface area contributed by atoms with Crippen LogP contribution in [0.25, 0.3) is 6.08 Å². The van der Waals surface area contributed by atoms with Gasteiger partial charge >= 0.3 is 6.18 Å². The first-order chi connectivity index (χ1) is 14.0. The highest BCUT2D eigenvalue weighted by Crippen LogP contribution is 2.55. The molecule has 1 aliphatic heterocycles. The molecule has 0 fully saturated rings. The second kappa shape index (κ2) is 6.99. The number of nitroso groups, excluding NO2 is 1. The lowest BCUT2D eigenvalue weighted by molar-refractivity contribution is -0.452. The average Bonchev–Trinajstić information content (AvgIpc) is 2.67. The van der Waals surface area contributed by atoms with Crippen molar-refractivity contribution in [2.24, 2.45) is 0 Å². The van der Waals surface area contributed by atoms with E-state index in [4.69, 9.17) is 11.6 Å². The Kier molecular flexibility index (Phi) is 4.82. The van der Waals surface area contributed by atoms with Crippen LogP contribution in [0.3, 0.4) is 0 Å². The minimum atomic E-state index is -4.94. The smallest absolute Gasteiger partial charge is 0.419 e. The van der Waals surface area contributed by atoms with Crippen molar-refractivity contribution in [2.75, 3.05) is 11.9 Å². The molecule has 1 heterocycles. The molecular weight excluding hydrogens is 421 g/mol. The number of rotatable bonds is 2. The Balaban J connectivity index is 1.90. The van der Waals surface area contributed by atoms with Gasteiger partial charge in [0.15, 0.2) is 5.60 Å². The van der Waals surface area contributed by atoms with Gasteiger partial charge in [0.1, 0.15) is 5.75 Å². The van der Waals surface area contributed by atoms with Crippen molar-refractivity contribution in [3.8, 4) is 5.75 Å². The first kappa shape index (κ1) is 20.7. The number of halogens is 4. The lowest BCUT2D eigenvalue weighted by atomic mass is 9.70. The van der Waals surface area contributed by atoms with Gasteiger partial charge in [0.25, 0.3) is 5.69 Å². The molecule has 3 atom stereocenters. The van der Waals surface area contributed by atoms with E-state index in [1.807, 2.05) is 0 Å². The molecule has 0 aromatic heterocycles. The maximum atomic E-state index is 14.1. The minimum Gasteiger partial charge on any atom is -0.506 e. The average molecular weight is 440 g/mol. The van der Waals surface area contributed by atoms with Crippen LogP contribution in [0.4, 0.5) is 24.5 Å². The summed E-state index contributed by atoms with van der Waals surface area (Å²) in [6, 6.07) is 5.76. The Hall–Kier alpha value is -2.58. The van der Waals surface area contributed by atoms with Crippen LogP contribution < -0.4 is 5.32 Å². The second-order valence-corrected chi connectivity index (χ2v) is 8.11. The zero-order valence-electron chi connectivity index (χ0n) is 15.9. The summed E-state index contributed by atoms with van der Waals surface area (Å²) in [6.07, 6.45) is -2.34. The Morgan fingerprint density at radius 2 is 2.00 bits per heavy atom. The van der Waals surface area contributed by atoms with Crippen molar-refractivity contribution in [2.45, 2.75) is 37.1 Å². The summed E-state index contributed by atoms with van der Waals surface area (Å²) in [4.78, 5) is 12.1. The molecule has 0 radical (unpaired) electrons. The van der Waals surface area contributed by atoms with Gasteiger partial charge in [-0.2, -0.15) is 13.2 Å². The molecule has 3 N–H and O–H groups in total. The fraction of sp³-hybridized carbons (Fsp3) is 0.333. The topological polar surface area (TPSA) is 72.6 Å². The standard InChI is InChI=1S/C21H18ClF3N2O3/c1-11-10-20(29,21(23,24)25)19(13-7-8-14(22)18(28)17(11)13)26-15-5-2-6-16-12(15)4-3-9-27(16)30/h2-8,11,19,26,29H,9-10H2,1H3/p+1/t11-,19-,20+/m0/s1. The third kappa shape index (κ3) is 3.06. The van der Waals surface area contributed by atoms with Gasteiger partial charge in [0, 0.05) is 27.0 Å². The maximum Gasteiger partial charge on any atom is 0.419 e. The summed E-state index contributed by atoms with van der Waals surface area (Å²) in [5.74, 6) is -1.08. The van der Waals surface area contributed by atoms with Crippen LogP contribution in [0.5, 0.6) is 5.75 Å². The molecule has 4 rings (SSSR count). The Labute approximate surface area is 175 Å². The number of hydrogen-bond donors (Lipinski definition) is 3. The molecule has 0 spiro atoms. The van der Waals surface area contributed by atoms with Gasteiger partial charge in [-0.3, -0.25) is 0 Å². The number of alkyl halides is 3. The molecule has 5 nitrogen and oxygen atoms in total. The number of phenols is 1. The molecule has 0 bridgehead atoms. The number of phenolic OH excluding ortho intramolecular Hbond substituents is 1. The van der Waals surface area contributed by atoms with E-state index in [0.29, 0.717) is 11.3 Å². The normalized spacial score (nSPS) is 25.6. The van der Waals surface area contributed by atoms with Gasteiger partial charge in [-0.25, -0.2) is 0 Å². The summed E-state index contributed by atoms with van der Waals surface area (Å²) in [7, 11) is 0. The second-order valence-electron chi connectivity index (χ2n) is 7.71. The third-order valence-corrected chi connectivity index (χ3v) is 6.10. The zero-order chi connectivity index (χ0) is 21.8. The van der Waals surface area contributed by atoms with E-state index in [0.717, 1.165) is 4.76 Å². The quantitative estimate of drug-likeness (QED) is 0.545. The van der Waals surface area contributed by atoms with Gasteiger partial charge in [-0.05, 0) is 42.2 Å². The van der Waals surface area contributed by atoms with Crippen molar-refractivity contribution >= 4 is 29.1 Å². The van der Waals surface area contributed by atoms with Crippen LogP contribution in [-0.4, -0.2) is 33.3 Å². The van der Waals surface area contributed by atoms with E-state index < -0.39 is 30.2 Å². The highest BCUT2D eigenvalue weighted by Gasteiger charge is 2.62. The van der Waals surface area contributed by atoms with Gasteiger partial charge in [-0.15, -0.1) is 0 Å². The fourth-order valence-corrected chi connectivity index (χ4v) is 4.54. The SMILES string of the molecule is C[C@H]1C[C@](O)(C(F)(F)F)[C@@H](Nc2cccc3c2C=CC[N+]3=O)c2ccc(Cl)c(O)c21. The van der Waals surface area contributed by atoms with E-state index in [9.17, 15) is 28.3 Å². The number of aliphatic hydroxyl groups is 1. The minimum absolute atomic E-state index is 0.0267. The zero-order valence-corrected chi connectivity index (χ0v) is 16.6. The van der Waals surface area contributed by atoms with Gasteiger partial charge in [0.05, 0.1) is 16.6 Å². The Bertz CT molecular complexity index is 1070. The van der Waals surface area contributed by atoms with E-state index in [1.54, 1.807) is 30.4 Å². The molecule has 0 saturated carbocycles. The number of aromatic hydroxyl groups is 1. The van der Waals surface area contributed by atoms with E-state index in [1.165, 1.54) is 19.1 Å². The van der Waals surface area contributed by atoms with Crippen LogP contribution in [0, 0.1) is 4.91 Å². The highest BCUT2D eigenvalue weighted by atomic mass is 35.5. The number of benzene rings is 2. The van der Waals surface area contributed by atoms with E-state index >= 15 is 0 Å². The molecule has 2 aliphatic rings. The predicted molar refractivity (Wildman–Crippen MR) is 107 cm³/mol. The molecule has 0 saturated heterocycles. The van der Waals surface area contributed by atoms with Crippen molar-refractivity contribution < 1.29 is 28.1 Å². The number of fused-ring (bicyclic) bond motifs is 2. The monoisotopic (exact) mass is 439 g/mol. The number of hydrogen-bond acceptors (Lipinski definition) is 4. The lowest BCUT2D eigenvalue weighted by Crippen LogP contribution is -2.55. The van der Waals surface area contributed by atoms with Crippen molar-refractivity contribution in [3.05, 3.63) is 63.0 Å². The first-order valence-electron chi connectivity index (χ1n) is 9.35. The summed E-state index contributed by atoms with van der Waals surface area (Å²) < 4.78 is 43.0. The van der Waals surface area contributed by atoms with Gasteiger partial charge in [-0.1, -0.05) is 30.7 Å². The lowest BCUT2D eigenvalue weighted by Gasteiger charge is -2.45. The third-order valence-electron chi connectivity index (χ3n) is 5.80. The molecule has 158 valence electrons. The summed E-state index contributed by atoms with van der Waals surface area (Å²) in [5, 5.41) is 24.1. The van der Waals surface area contributed by atoms with Gasteiger partial charge in [0.2, 0.25) is 6.54 Å². The van der Waals surface area contributed by atoms with Crippen LogP contribution in [0.1, 0.15) is 42.0 Å². The number of nitrogens with one attached hydrogen (secondary N) is 1. The summed E-state index contributed by atoms with van der Waals surface area (Å²) >= 11 is 5.99. The summed E-state index contributed by atoms with van der Waals surface area (Å²) in [6.45, 7) is 1.64. The largest absolute Gasteiger partial charge is 0.506 e. The number of nitrogens with zero attached hydrogens (tertiary/aromatic N) is 1. The van der Waals surface area contributed by atoms with Crippen LogP contribution >= 0.6 is 11.6 Å². The first-order valence-corrected chi connectivity index (χ1v) is 9.73. The van der Waals surface area contributed by atoms with E-state index in [-0.39, 0.29) is 34.1 Å². The molecule has 30 heavy (non-hydrogen) atoms. The Morgan fingerprint density at radius 1 is 1.27 bits per heavy atom. The number of anilines is 1. The molecule has 9 heteroatoms. The highest BCUT2D eigenvalue weighted by molar-refractivity contribution is 6.32. The fourth-order valence-electron chi connectivity index (χ4n) is 4.38. The van der Waals surface area contributed by atoms with Crippen LogP contribution in [-0.2, 0) is 0 Å². The van der Waals surface area contributed by atoms with E-state index in [2.05, 4.69) is 5.32 Å². The van der Waals surface area contributed by atoms with Crippen LogP contribution in [0.15, 0.2) is 36.4 Å². The van der Waals surface area contributed by atoms with Crippen molar-refractivity contribution in [1.82, 2.24) is 0 Å². The Morgan fingerprint density at radius 3 is 2.70 bits per heavy atom. The van der Waals surface area contributed by atoms with Gasteiger partial charge < -0.3 is 15.5 Å². The maximum absolute atomic E-state index is 14.1. The molecule has 2 aromatic carbocycles. The molecule has 0 amide bonds. The van der Waals surface area contributed by atoms with Crippen molar-refractivity contribution in [1.29, 1.82) is 0 Å². The molecule has 2 aromatic rings. The summed E-state index contributed by atoms with van der Waals surface area (Å²) in [5.41, 5.74) is -1.71.